The molecule has 0 aliphatic carbocycles. The van der Waals surface area contributed by atoms with Crippen LogP contribution in [0.15, 0.2) is 0 Å². The average molecular weight is 200 g/mol. The quantitative estimate of drug-likeness (QED) is 0.684. The van der Waals surface area contributed by atoms with Gasteiger partial charge in [-0.2, -0.15) is 0 Å². The second-order valence-corrected chi connectivity index (χ2v) is 3.73. The van der Waals surface area contributed by atoms with E-state index in [0.717, 1.165) is 32.7 Å². The molecule has 4 heteroatoms. The lowest BCUT2D eigenvalue weighted by atomic mass is 10.1. The fourth-order valence-electron chi connectivity index (χ4n) is 1.68. The number of hydrogen-bond acceptors (Lipinski definition) is 3. The maximum atomic E-state index is 11.2. The minimum Gasteiger partial charge on any atom is -0.381 e. The molecule has 1 unspecified atom stereocenters. The van der Waals surface area contributed by atoms with E-state index in [1.54, 1.807) is 7.05 Å². The molecule has 0 saturated carbocycles. The van der Waals surface area contributed by atoms with Crippen LogP contribution in [-0.4, -0.2) is 50.7 Å². The van der Waals surface area contributed by atoms with E-state index in [1.807, 2.05) is 0 Å². The summed E-state index contributed by atoms with van der Waals surface area (Å²) in [5.74, 6) is 0.699. The standard InChI is InChI=1S/C10H20N2O2/c1-3-12(7-10(13)11-2)6-9-4-5-14-8-9/h9H,3-8H2,1-2H3,(H,11,13). The molecule has 1 amide bonds. The van der Waals surface area contributed by atoms with Gasteiger partial charge in [0.15, 0.2) is 0 Å². The Morgan fingerprint density at radius 1 is 1.64 bits per heavy atom. The molecular formula is C10H20N2O2. The van der Waals surface area contributed by atoms with Crippen molar-refractivity contribution >= 4 is 5.91 Å². The van der Waals surface area contributed by atoms with E-state index in [9.17, 15) is 4.79 Å². The summed E-state index contributed by atoms with van der Waals surface area (Å²) in [7, 11) is 1.68. The van der Waals surface area contributed by atoms with Crippen LogP contribution in [0.2, 0.25) is 0 Å². The van der Waals surface area contributed by atoms with Gasteiger partial charge in [0.1, 0.15) is 0 Å². The van der Waals surface area contributed by atoms with Crippen LogP contribution in [0.5, 0.6) is 0 Å². The van der Waals surface area contributed by atoms with Crippen molar-refractivity contribution in [3.8, 4) is 0 Å². The van der Waals surface area contributed by atoms with E-state index in [1.165, 1.54) is 0 Å². The molecule has 0 radical (unpaired) electrons. The van der Waals surface area contributed by atoms with Crippen LogP contribution in [0, 0.1) is 5.92 Å². The van der Waals surface area contributed by atoms with Crippen LogP contribution >= 0.6 is 0 Å². The fourth-order valence-corrected chi connectivity index (χ4v) is 1.68. The molecule has 14 heavy (non-hydrogen) atoms. The van der Waals surface area contributed by atoms with Crippen molar-refractivity contribution in [2.24, 2.45) is 5.92 Å². The highest BCUT2D eigenvalue weighted by molar-refractivity contribution is 5.77. The first kappa shape index (κ1) is 11.5. The SMILES string of the molecule is CCN(CC(=O)NC)CC1CCOC1. The summed E-state index contributed by atoms with van der Waals surface area (Å²) in [5.41, 5.74) is 0. The monoisotopic (exact) mass is 200 g/mol. The summed E-state index contributed by atoms with van der Waals surface area (Å²) in [6.07, 6.45) is 1.13. The number of carbonyl (C=O) groups excluding carboxylic acids is 1. The van der Waals surface area contributed by atoms with E-state index < -0.39 is 0 Å². The summed E-state index contributed by atoms with van der Waals surface area (Å²) in [4.78, 5) is 13.3. The molecule has 1 atom stereocenters. The molecule has 1 saturated heterocycles. The van der Waals surface area contributed by atoms with Gasteiger partial charge in [-0.1, -0.05) is 6.92 Å². The van der Waals surface area contributed by atoms with Crippen LogP contribution in [-0.2, 0) is 9.53 Å². The largest absolute Gasteiger partial charge is 0.381 e. The van der Waals surface area contributed by atoms with Gasteiger partial charge in [-0.25, -0.2) is 0 Å². The van der Waals surface area contributed by atoms with E-state index in [4.69, 9.17) is 4.74 Å². The first-order valence-corrected chi connectivity index (χ1v) is 5.27. The molecule has 1 fully saturated rings. The van der Waals surface area contributed by atoms with Gasteiger partial charge >= 0.3 is 0 Å². The van der Waals surface area contributed by atoms with Crippen molar-refractivity contribution in [2.45, 2.75) is 13.3 Å². The van der Waals surface area contributed by atoms with Gasteiger partial charge in [-0.3, -0.25) is 9.69 Å². The second-order valence-electron chi connectivity index (χ2n) is 3.73. The predicted molar refractivity (Wildman–Crippen MR) is 55.1 cm³/mol. The predicted octanol–water partition coefficient (Wildman–Crippen LogP) is 0.0908. The Morgan fingerprint density at radius 2 is 2.43 bits per heavy atom. The molecule has 1 aliphatic heterocycles. The third-order valence-corrected chi connectivity index (χ3v) is 2.63. The number of ether oxygens (including phenoxy) is 1. The smallest absolute Gasteiger partial charge is 0.233 e. The first-order valence-electron chi connectivity index (χ1n) is 5.27. The topological polar surface area (TPSA) is 41.6 Å². The Kier molecular flexibility index (Phi) is 4.90. The molecule has 1 N–H and O–H groups in total. The minimum atomic E-state index is 0.0887. The van der Waals surface area contributed by atoms with Crippen molar-refractivity contribution < 1.29 is 9.53 Å². The fraction of sp³-hybridized carbons (Fsp3) is 0.900. The second kappa shape index (κ2) is 5.98. The highest BCUT2D eigenvalue weighted by Crippen LogP contribution is 2.13. The Morgan fingerprint density at radius 3 is 2.93 bits per heavy atom. The van der Waals surface area contributed by atoms with Crippen LogP contribution < -0.4 is 5.32 Å². The number of amides is 1. The summed E-state index contributed by atoms with van der Waals surface area (Å²) in [6, 6.07) is 0. The Balaban J connectivity index is 2.26. The lowest BCUT2D eigenvalue weighted by molar-refractivity contribution is -0.121. The molecular weight excluding hydrogens is 180 g/mol. The molecule has 4 nitrogen and oxygen atoms in total. The van der Waals surface area contributed by atoms with Gasteiger partial charge in [-0.05, 0) is 18.9 Å². The molecule has 1 heterocycles. The van der Waals surface area contributed by atoms with Crippen molar-refractivity contribution in [1.82, 2.24) is 10.2 Å². The van der Waals surface area contributed by atoms with E-state index in [0.29, 0.717) is 12.5 Å². The zero-order valence-corrected chi connectivity index (χ0v) is 9.08. The van der Waals surface area contributed by atoms with Gasteiger partial charge in [0.05, 0.1) is 13.2 Å². The zero-order chi connectivity index (χ0) is 10.4. The highest BCUT2D eigenvalue weighted by atomic mass is 16.5. The van der Waals surface area contributed by atoms with E-state index >= 15 is 0 Å². The van der Waals surface area contributed by atoms with Gasteiger partial charge < -0.3 is 10.1 Å². The summed E-state index contributed by atoms with van der Waals surface area (Å²) in [5, 5.41) is 2.64. The van der Waals surface area contributed by atoms with E-state index in [-0.39, 0.29) is 5.91 Å². The first-order chi connectivity index (χ1) is 6.76. The number of nitrogens with one attached hydrogen (secondary N) is 1. The van der Waals surface area contributed by atoms with Gasteiger partial charge in [-0.15, -0.1) is 0 Å². The Labute approximate surface area is 85.6 Å². The molecule has 0 aromatic rings. The molecule has 0 bridgehead atoms. The summed E-state index contributed by atoms with van der Waals surface area (Å²) in [6.45, 7) is 6.21. The highest BCUT2D eigenvalue weighted by Gasteiger charge is 2.19. The van der Waals surface area contributed by atoms with Gasteiger partial charge in [0.2, 0.25) is 5.91 Å². The van der Waals surface area contributed by atoms with Gasteiger partial charge in [0, 0.05) is 20.2 Å². The summed E-state index contributed by atoms with van der Waals surface area (Å²) < 4.78 is 5.31. The molecule has 0 spiro atoms. The van der Waals surface area contributed by atoms with E-state index in [2.05, 4.69) is 17.1 Å². The number of carbonyl (C=O) groups is 1. The molecule has 1 rings (SSSR count). The number of nitrogens with zero attached hydrogens (tertiary/aromatic N) is 1. The van der Waals surface area contributed by atoms with Crippen LogP contribution in [0.25, 0.3) is 0 Å². The molecule has 1 aliphatic rings. The average Bonchev–Trinajstić information content (AvgIpc) is 2.69. The third kappa shape index (κ3) is 3.64. The lowest BCUT2D eigenvalue weighted by Crippen LogP contribution is -2.38. The number of hydrogen-bond donors (Lipinski definition) is 1. The minimum absolute atomic E-state index is 0.0887. The van der Waals surface area contributed by atoms with Crippen LogP contribution in [0.1, 0.15) is 13.3 Å². The number of rotatable bonds is 5. The molecule has 0 aromatic heterocycles. The Hall–Kier alpha value is -0.610. The zero-order valence-electron chi connectivity index (χ0n) is 9.08. The lowest BCUT2D eigenvalue weighted by Gasteiger charge is -2.22. The van der Waals surface area contributed by atoms with Crippen molar-refractivity contribution in [2.75, 3.05) is 39.9 Å². The molecule has 0 aromatic carbocycles. The van der Waals surface area contributed by atoms with Gasteiger partial charge in [0.25, 0.3) is 0 Å². The molecule has 82 valence electrons. The van der Waals surface area contributed by atoms with Crippen molar-refractivity contribution in [3.63, 3.8) is 0 Å². The Bertz CT molecular complexity index is 179. The van der Waals surface area contributed by atoms with Crippen LogP contribution in [0.4, 0.5) is 0 Å². The number of likely N-dealkylation sites (N-methyl/N-ethyl adjacent to an activating group) is 2. The third-order valence-electron chi connectivity index (χ3n) is 2.63. The van der Waals surface area contributed by atoms with Crippen LogP contribution in [0.3, 0.4) is 0 Å². The maximum absolute atomic E-state index is 11.2. The van der Waals surface area contributed by atoms with Crippen molar-refractivity contribution in [1.29, 1.82) is 0 Å². The maximum Gasteiger partial charge on any atom is 0.233 e. The van der Waals surface area contributed by atoms with Crippen molar-refractivity contribution in [3.05, 3.63) is 0 Å². The normalized spacial score (nSPS) is 21.5. The summed E-state index contributed by atoms with van der Waals surface area (Å²) >= 11 is 0.